The molecule has 0 radical (unpaired) electrons. The molecule has 1 aliphatic heterocycles. The molecule has 0 bridgehead atoms. The van der Waals surface area contributed by atoms with Crippen molar-refractivity contribution in [2.24, 2.45) is 5.92 Å². The number of nitrogens with one attached hydrogen (secondary N) is 2. The predicted octanol–water partition coefficient (Wildman–Crippen LogP) is 2.38. The van der Waals surface area contributed by atoms with Gasteiger partial charge in [0, 0.05) is 41.8 Å². The minimum absolute atomic E-state index is 0.0444. The van der Waals surface area contributed by atoms with Gasteiger partial charge in [-0.1, -0.05) is 0 Å². The number of amides is 1. The first-order chi connectivity index (χ1) is 10.3. The van der Waals surface area contributed by atoms with Gasteiger partial charge in [0.25, 0.3) is 5.91 Å². The zero-order chi connectivity index (χ0) is 14.2. The van der Waals surface area contributed by atoms with E-state index in [4.69, 9.17) is 0 Å². The summed E-state index contributed by atoms with van der Waals surface area (Å²) >= 11 is 0. The van der Waals surface area contributed by atoms with Crippen LogP contribution in [0.2, 0.25) is 0 Å². The van der Waals surface area contributed by atoms with Crippen LogP contribution in [0.5, 0.6) is 0 Å². The van der Waals surface area contributed by atoms with E-state index in [0.717, 1.165) is 35.6 Å². The summed E-state index contributed by atoms with van der Waals surface area (Å²) in [4.78, 5) is 18.0. The van der Waals surface area contributed by atoms with E-state index in [2.05, 4.69) is 15.2 Å². The number of fused-ring (bicyclic) bond motifs is 1. The average Bonchev–Trinajstić information content (AvgIpc) is 3.07. The number of benzene rings is 1. The van der Waals surface area contributed by atoms with E-state index < -0.39 is 0 Å². The number of hydrogen-bond acceptors (Lipinski definition) is 2. The Morgan fingerprint density at radius 2 is 2.19 bits per heavy atom. The van der Waals surface area contributed by atoms with Crippen molar-refractivity contribution in [3.05, 3.63) is 36.0 Å². The van der Waals surface area contributed by atoms with Gasteiger partial charge >= 0.3 is 0 Å². The molecule has 1 aromatic heterocycles. The zero-order valence-electron chi connectivity index (χ0n) is 12.1. The minimum Gasteiger partial charge on any atom is -0.361 e. The summed E-state index contributed by atoms with van der Waals surface area (Å²) in [6, 6.07) is 8.65. The fourth-order valence-corrected chi connectivity index (χ4v) is 3.33. The van der Waals surface area contributed by atoms with E-state index in [9.17, 15) is 4.79 Å². The minimum atomic E-state index is 0.0444. The van der Waals surface area contributed by atoms with E-state index in [1.807, 2.05) is 30.5 Å². The number of hydrogen-bond donors (Lipinski definition) is 2. The van der Waals surface area contributed by atoms with Crippen molar-refractivity contribution in [3.8, 4) is 0 Å². The third kappa shape index (κ3) is 2.68. The molecule has 1 saturated carbocycles. The maximum atomic E-state index is 12.3. The van der Waals surface area contributed by atoms with E-state index in [-0.39, 0.29) is 5.91 Å². The van der Waals surface area contributed by atoms with Gasteiger partial charge in [-0.3, -0.25) is 4.79 Å². The molecule has 4 rings (SSSR count). The third-order valence-electron chi connectivity index (χ3n) is 4.75. The number of aromatic nitrogens is 1. The van der Waals surface area contributed by atoms with Crippen molar-refractivity contribution < 1.29 is 4.79 Å². The van der Waals surface area contributed by atoms with Gasteiger partial charge in [-0.25, -0.2) is 0 Å². The Kier molecular flexibility index (Phi) is 3.19. The van der Waals surface area contributed by atoms with Gasteiger partial charge in [0.1, 0.15) is 0 Å². The second-order valence-electron chi connectivity index (χ2n) is 6.37. The molecule has 1 aliphatic carbocycles. The van der Waals surface area contributed by atoms with Crippen molar-refractivity contribution in [1.29, 1.82) is 0 Å². The first-order valence-electron chi connectivity index (χ1n) is 7.89. The molecule has 2 fully saturated rings. The smallest absolute Gasteiger partial charge is 0.251 e. The molecule has 2 aromatic rings. The SMILES string of the molecule is O=C(NCC1CCN(C2CC2)C1)c1ccc2[nH]ccc2c1. The van der Waals surface area contributed by atoms with E-state index in [1.165, 1.54) is 25.8 Å². The lowest BCUT2D eigenvalue weighted by Gasteiger charge is -2.15. The highest BCUT2D eigenvalue weighted by molar-refractivity contribution is 5.98. The van der Waals surface area contributed by atoms with Gasteiger partial charge in [-0.2, -0.15) is 0 Å². The van der Waals surface area contributed by atoms with Crippen molar-refractivity contribution in [2.75, 3.05) is 19.6 Å². The average molecular weight is 283 g/mol. The maximum absolute atomic E-state index is 12.3. The highest BCUT2D eigenvalue weighted by Gasteiger charge is 2.34. The topological polar surface area (TPSA) is 48.1 Å². The third-order valence-corrected chi connectivity index (χ3v) is 4.75. The van der Waals surface area contributed by atoms with Gasteiger partial charge in [-0.05, 0) is 56.0 Å². The van der Waals surface area contributed by atoms with E-state index >= 15 is 0 Å². The van der Waals surface area contributed by atoms with Gasteiger partial charge in [0.05, 0.1) is 0 Å². The Morgan fingerprint density at radius 3 is 3.05 bits per heavy atom. The lowest BCUT2D eigenvalue weighted by atomic mass is 10.1. The van der Waals surface area contributed by atoms with E-state index in [1.54, 1.807) is 0 Å². The number of aromatic amines is 1. The predicted molar refractivity (Wildman–Crippen MR) is 83.3 cm³/mol. The van der Waals surface area contributed by atoms with Crippen LogP contribution in [0.1, 0.15) is 29.6 Å². The summed E-state index contributed by atoms with van der Waals surface area (Å²) in [7, 11) is 0. The highest BCUT2D eigenvalue weighted by atomic mass is 16.1. The lowest BCUT2D eigenvalue weighted by molar-refractivity contribution is 0.0947. The molecule has 1 amide bonds. The Hall–Kier alpha value is -1.81. The molecule has 2 heterocycles. The van der Waals surface area contributed by atoms with Crippen LogP contribution in [0.15, 0.2) is 30.5 Å². The normalized spacial score (nSPS) is 22.8. The first-order valence-corrected chi connectivity index (χ1v) is 7.89. The fourth-order valence-electron chi connectivity index (χ4n) is 3.33. The van der Waals surface area contributed by atoms with Crippen LogP contribution >= 0.6 is 0 Å². The number of H-pyrrole nitrogens is 1. The molecule has 1 aromatic carbocycles. The molecule has 1 atom stereocenters. The summed E-state index contributed by atoms with van der Waals surface area (Å²) in [5, 5.41) is 4.19. The number of carbonyl (C=O) groups is 1. The Morgan fingerprint density at radius 1 is 1.29 bits per heavy atom. The summed E-state index contributed by atoms with van der Waals surface area (Å²) in [6.45, 7) is 3.16. The first kappa shape index (κ1) is 12.9. The molecule has 1 unspecified atom stereocenters. The van der Waals surface area contributed by atoms with Crippen LogP contribution in [-0.2, 0) is 0 Å². The summed E-state index contributed by atoms with van der Waals surface area (Å²) in [5.74, 6) is 0.661. The monoisotopic (exact) mass is 283 g/mol. The molecule has 110 valence electrons. The molecule has 4 nitrogen and oxygen atoms in total. The number of rotatable bonds is 4. The standard InChI is InChI=1S/C17H21N3O/c21-17(14-1-4-16-13(9-14)5-7-18-16)19-10-12-6-8-20(11-12)15-2-3-15/h1,4-5,7,9,12,15,18H,2-3,6,8,10-11H2,(H,19,21). The van der Waals surface area contributed by atoms with Crippen molar-refractivity contribution in [3.63, 3.8) is 0 Å². The van der Waals surface area contributed by atoms with Crippen LogP contribution < -0.4 is 5.32 Å². The van der Waals surface area contributed by atoms with Crippen molar-refractivity contribution >= 4 is 16.8 Å². The fraction of sp³-hybridized carbons (Fsp3) is 0.471. The van der Waals surface area contributed by atoms with Gasteiger partial charge < -0.3 is 15.2 Å². The van der Waals surface area contributed by atoms with E-state index in [0.29, 0.717) is 5.92 Å². The summed E-state index contributed by atoms with van der Waals surface area (Å²) < 4.78 is 0. The highest BCUT2D eigenvalue weighted by Crippen LogP contribution is 2.31. The summed E-state index contributed by atoms with van der Waals surface area (Å²) in [6.07, 6.45) is 5.86. The number of carbonyl (C=O) groups excluding carboxylic acids is 1. The molecular weight excluding hydrogens is 262 g/mol. The quantitative estimate of drug-likeness (QED) is 0.905. The largest absolute Gasteiger partial charge is 0.361 e. The van der Waals surface area contributed by atoms with Crippen LogP contribution in [-0.4, -0.2) is 41.5 Å². The Bertz CT molecular complexity index is 659. The molecule has 2 aliphatic rings. The van der Waals surface area contributed by atoms with Gasteiger partial charge in [0.2, 0.25) is 0 Å². The molecule has 4 heteroatoms. The molecule has 1 saturated heterocycles. The molecule has 2 N–H and O–H groups in total. The molecule has 0 spiro atoms. The van der Waals surface area contributed by atoms with Crippen LogP contribution in [0.4, 0.5) is 0 Å². The number of likely N-dealkylation sites (tertiary alicyclic amines) is 1. The maximum Gasteiger partial charge on any atom is 0.251 e. The Labute approximate surface area is 124 Å². The molecule has 21 heavy (non-hydrogen) atoms. The van der Waals surface area contributed by atoms with Crippen LogP contribution in [0.25, 0.3) is 10.9 Å². The zero-order valence-corrected chi connectivity index (χ0v) is 12.1. The number of nitrogens with zero attached hydrogens (tertiary/aromatic N) is 1. The van der Waals surface area contributed by atoms with Crippen molar-refractivity contribution in [2.45, 2.75) is 25.3 Å². The summed E-state index contributed by atoms with van der Waals surface area (Å²) in [5.41, 5.74) is 1.82. The van der Waals surface area contributed by atoms with Crippen LogP contribution in [0, 0.1) is 5.92 Å². The Balaban J connectivity index is 1.34. The van der Waals surface area contributed by atoms with Crippen LogP contribution in [0.3, 0.4) is 0 Å². The second-order valence-corrected chi connectivity index (χ2v) is 6.37. The van der Waals surface area contributed by atoms with Gasteiger partial charge in [-0.15, -0.1) is 0 Å². The van der Waals surface area contributed by atoms with Gasteiger partial charge in [0.15, 0.2) is 0 Å². The lowest BCUT2D eigenvalue weighted by Crippen LogP contribution is -2.31. The second kappa shape index (κ2) is 5.19. The van der Waals surface area contributed by atoms with Crippen molar-refractivity contribution in [1.82, 2.24) is 15.2 Å². The molecular formula is C17H21N3O.